The Morgan fingerprint density at radius 3 is 2.52 bits per heavy atom. The molecule has 0 radical (unpaired) electrons. The number of ether oxygens (including phenoxy) is 2. The molecule has 2 heterocycles. The molecule has 0 amide bonds. The first-order valence-electron chi connectivity index (χ1n) is 8.26. The van der Waals surface area contributed by atoms with Crippen LogP contribution >= 0.6 is 0 Å². The first kappa shape index (κ1) is 17.8. The van der Waals surface area contributed by atoms with Crippen molar-refractivity contribution in [2.75, 3.05) is 33.1 Å². The van der Waals surface area contributed by atoms with E-state index in [9.17, 15) is 8.42 Å². The van der Waals surface area contributed by atoms with Crippen molar-refractivity contribution in [3.8, 4) is 22.9 Å². The fraction of sp³-hybridized carbons (Fsp3) is 0.471. The number of hydrogen-bond acceptors (Lipinski definition) is 5. The molecular weight excluding hydrogens is 342 g/mol. The number of sulfonamides is 1. The highest BCUT2D eigenvalue weighted by Crippen LogP contribution is 2.31. The van der Waals surface area contributed by atoms with Crippen LogP contribution in [0.4, 0.5) is 0 Å². The summed E-state index contributed by atoms with van der Waals surface area (Å²) in [4.78, 5) is 4.37. The number of rotatable bonds is 7. The van der Waals surface area contributed by atoms with Gasteiger partial charge in [0, 0.05) is 37.6 Å². The SMILES string of the molecule is COc1ccc(-c2nccn2CCS(=O)(=O)N2CCCC2)cc1OC. The second-order valence-corrected chi connectivity index (χ2v) is 8.02. The molecular formula is C17H23N3O4S. The third-order valence-corrected chi connectivity index (χ3v) is 6.26. The van der Waals surface area contributed by atoms with Gasteiger partial charge in [-0.25, -0.2) is 17.7 Å². The van der Waals surface area contributed by atoms with Gasteiger partial charge in [-0.2, -0.15) is 0 Å². The zero-order valence-electron chi connectivity index (χ0n) is 14.5. The van der Waals surface area contributed by atoms with Gasteiger partial charge in [0.15, 0.2) is 11.5 Å². The Kier molecular flexibility index (Phi) is 5.29. The standard InChI is InChI=1S/C17H23N3O4S/c1-23-15-6-5-14(13-16(15)24-2)17-18-7-10-19(17)11-12-25(21,22)20-8-3-4-9-20/h5-7,10,13H,3-4,8-9,11-12H2,1-2H3. The van der Waals surface area contributed by atoms with Gasteiger partial charge in [0.05, 0.1) is 20.0 Å². The maximum atomic E-state index is 12.4. The highest BCUT2D eigenvalue weighted by molar-refractivity contribution is 7.89. The predicted molar refractivity (Wildman–Crippen MR) is 95.4 cm³/mol. The molecule has 0 atom stereocenters. The molecule has 8 heteroatoms. The Bertz CT molecular complexity index is 826. The van der Waals surface area contributed by atoms with Crippen molar-refractivity contribution in [1.29, 1.82) is 0 Å². The van der Waals surface area contributed by atoms with Crippen LogP contribution in [0.2, 0.25) is 0 Å². The van der Waals surface area contributed by atoms with Crippen LogP contribution < -0.4 is 9.47 Å². The van der Waals surface area contributed by atoms with Crippen LogP contribution in [0.25, 0.3) is 11.4 Å². The molecule has 3 rings (SSSR count). The van der Waals surface area contributed by atoms with Crippen LogP contribution in [0.1, 0.15) is 12.8 Å². The zero-order valence-corrected chi connectivity index (χ0v) is 15.3. The Hall–Kier alpha value is -2.06. The monoisotopic (exact) mass is 365 g/mol. The van der Waals surface area contributed by atoms with Crippen molar-refractivity contribution < 1.29 is 17.9 Å². The van der Waals surface area contributed by atoms with Crippen molar-refractivity contribution in [2.45, 2.75) is 19.4 Å². The average molecular weight is 365 g/mol. The zero-order chi connectivity index (χ0) is 17.9. The van der Waals surface area contributed by atoms with E-state index in [2.05, 4.69) is 4.98 Å². The van der Waals surface area contributed by atoms with Gasteiger partial charge in [-0.15, -0.1) is 0 Å². The lowest BCUT2D eigenvalue weighted by atomic mass is 10.2. The lowest BCUT2D eigenvalue weighted by molar-refractivity contribution is 0.355. The second kappa shape index (κ2) is 7.45. The summed E-state index contributed by atoms with van der Waals surface area (Å²) in [5, 5.41) is 0. The van der Waals surface area contributed by atoms with E-state index in [1.165, 1.54) is 0 Å². The van der Waals surface area contributed by atoms with Crippen LogP contribution in [0.15, 0.2) is 30.6 Å². The quantitative estimate of drug-likeness (QED) is 0.750. The van der Waals surface area contributed by atoms with Crippen LogP contribution in [-0.4, -0.2) is 55.3 Å². The number of imidazole rings is 1. The summed E-state index contributed by atoms with van der Waals surface area (Å²) in [5.74, 6) is 2.03. The summed E-state index contributed by atoms with van der Waals surface area (Å²) in [5.41, 5.74) is 0.848. The third-order valence-electron chi connectivity index (χ3n) is 4.41. The molecule has 0 saturated carbocycles. The van der Waals surface area contributed by atoms with Gasteiger partial charge in [-0.1, -0.05) is 0 Å². The number of methoxy groups -OCH3 is 2. The van der Waals surface area contributed by atoms with Crippen LogP contribution in [-0.2, 0) is 16.6 Å². The molecule has 1 fully saturated rings. The molecule has 0 bridgehead atoms. The summed E-state index contributed by atoms with van der Waals surface area (Å²) >= 11 is 0. The number of nitrogens with zero attached hydrogens (tertiary/aromatic N) is 3. The average Bonchev–Trinajstić information content (AvgIpc) is 3.31. The number of hydrogen-bond donors (Lipinski definition) is 0. The van der Waals surface area contributed by atoms with Crippen molar-refractivity contribution >= 4 is 10.0 Å². The normalized spacial score (nSPS) is 15.4. The smallest absolute Gasteiger partial charge is 0.215 e. The minimum atomic E-state index is -3.22. The van der Waals surface area contributed by atoms with E-state index in [4.69, 9.17) is 9.47 Å². The van der Waals surface area contributed by atoms with Crippen LogP contribution in [0.5, 0.6) is 11.5 Å². The molecule has 1 aliphatic heterocycles. The highest BCUT2D eigenvalue weighted by Gasteiger charge is 2.25. The summed E-state index contributed by atoms with van der Waals surface area (Å²) in [6.45, 7) is 1.63. The molecule has 1 aromatic carbocycles. The number of aromatic nitrogens is 2. The van der Waals surface area contributed by atoms with Gasteiger partial charge in [-0.05, 0) is 31.0 Å². The molecule has 2 aromatic rings. The topological polar surface area (TPSA) is 73.7 Å². The fourth-order valence-electron chi connectivity index (χ4n) is 3.03. The van der Waals surface area contributed by atoms with E-state index in [0.717, 1.165) is 18.4 Å². The number of aryl methyl sites for hydroxylation is 1. The second-order valence-electron chi connectivity index (χ2n) is 5.94. The Morgan fingerprint density at radius 1 is 1.12 bits per heavy atom. The molecule has 0 unspecified atom stereocenters. The Labute approximate surface area is 148 Å². The third kappa shape index (κ3) is 3.80. The predicted octanol–water partition coefficient (Wildman–Crippen LogP) is 1.99. The van der Waals surface area contributed by atoms with Gasteiger partial charge in [0.2, 0.25) is 10.0 Å². The van der Waals surface area contributed by atoms with E-state index < -0.39 is 10.0 Å². The summed E-state index contributed by atoms with van der Waals surface area (Å²) in [6.07, 6.45) is 5.36. The lowest BCUT2D eigenvalue weighted by Gasteiger charge is -2.16. The van der Waals surface area contributed by atoms with Crippen LogP contribution in [0.3, 0.4) is 0 Å². The summed E-state index contributed by atoms with van der Waals surface area (Å²) in [6, 6.07) is 5.54. The minimum absolute atomic E-state index is 0.0731. The fourth-order valence-corrected chi connectivity index (χ4v) is 4.53. The van der Waals surface area contributed by atoms with E-state index in [1.807, 2.05) is 22.8 Å². The Morgan fingerprint density at radius 2 is 1.84 bits per heavy atom. The summed E-state index contributed by atoms with van der Waals surface area (Å²) in [7, 11) is -0.0534. The van der Waals surface area contributed by atoms with Gasteiger partial charge >= 0.3 is 0 Å². The largest absolute Gasteiger partial charge is 0.493 e. The molecule has 0 aliphatic carbocycles. The molecule has 136 valence electrons. The van der Waals surface area contributed by atoms with E-state index in [-0.39, 0.29) is 5.75 Å². The molecule has 1 aliphatic rings. The maximum Gasteiger partial charge on any atom is 0.215 e. The lowest BCUT2D eigenvalue weighted by Crippen LogP contribution is -2.31. The van der Waals surface area contributed by atoms with Gasteiger partial charge in [-0.3, -0.25) is 0 Å². The van der Waals surface area contributed by atoms with Gasteiger partial charge < -0.3 is 14.0 Å². The minimum Gasteiger partial charge on any atom is -0.493 e. The van der Waals surface area contributed by atoms with E-state index in [1.54, 1.807) is 30.9 Å². The maximum absolute atomic E-state index is 12.4. The van der Waals surface area contributed by atoms with E-state index in [0.29, 0.717) is 37.0 Å². The molecule has 0 spiro atoms. The summed E-state index contributed by atoms with van der Waals surface area (Å²) < 4.78 is 38.9. The van der Waals surface area contributed by atoms with Gasteiger partial charge in [0.25, 0.3) is 0 Å². The molecule has 7 nitrogen and oxygen atoms in total. The van der Waals surface area contributed by atoms with Crippen molar-refractivity contribution in [3.63, 3.8) is 0 Å². The first-order valence-corrected chi connectivity index (χ1v) is 9.87. The first-order chi connectivity index (χ1) is 12.0. The Balaban J connectivity index is 1.79. The van der Waals surface area contributed by atoms with Crippen molar-refractivity contribution in [3.05, 3.63) is 30.6 Å². The van der Waals surface area contributed by atoms with Crippen LogP contribution in [0, 0.1) is 0 Å². The molecule has 0 N–H and O–H groups in total. The molecule has 1 saturated heterocycles. The van der Waals surface area contributed by atoms with Crippen molar-refractivity contribution in [2.24, 2.45) is 0 Å². The van der Waals surface area contributed by atoms with E-state index >= 15 is 0 Å². The molecule has 25 heavy (non-hydrogen) atoms. The van der Waals surface area contributed by atoms with Crippen molar-refractivity contribution in [1.82, 2.24) is 13.9 Å². The van der Waals surface area contributed by atoms with Gasteiger partial charge in [0.1, 0.15) is 5.82 Å². The molecule has 1 aromatic heterocycles. The highest BCUT2D eigenvalue weighted by atomic mass is 32.2. The number of benzene rings is 1.